The van der Waals surface area contributed by atoms with E-state index >= 15 is 0 Å². The van der Waals surface area contributed by atoms with Crippen LogP contribution in [0.5, 0.6) is 5.75 Å². The highest BCUT2D eigenvalue weighted by Crippen LogP contribution is 2.28. The number of aromatic nitrogens is 1. The minimum absolute atomic E-state index is 0.275. The zero-order chi connectivity index (χ0) is 18.6. The summed E-state index contributed by atoms with van der Waals surface area (Å²) < 4.78 is 32.3. The maximum atomic E-state index is 12.7. The Hall–Kier alpha value is -1.57. The molecule has 0 atom stereocenters. The van der Waals surface area contributed by atoms with Crippen LogP contribution in [0.15, 0.2) is 46.5 Å². The van der Waals surface area contributed by atoms with E-state index in [1.165, 1.54) is 11.8 Å². The summed E-state index contributed by atoms with van der Waals surface area (Å²) >= 11 is 1.57. The predicted octanol–water partition coefficient (Wildman–Crippen LogP) is 3.87. The van der Waals surface area contributed by atoms with Crippen LogP contribution in [-0.4, -0.2) is 37.9 Å². The normalized spacial score (nSPS) is 15.8. The Labute approximate surface area is 159 Å². The lowest BCUT2D eigenvalue weighted by Crippen LogP contribution is -2.35. The van der Waals surface area contributed by atoms with Crippen molar-refractivity contribution in [2.45, 2.75) is 41.9 Å². The lowest BCUT2D eigenvalue weighted by molar-refractivity contribution is 0.346. The number of aryl methyl sites for hydroxylation is 1. The first-order chi connectivity index (χ1) is 12.5. The van der Waals surface area contributed by atoms with Gasteiger partial charge in [-0.05, 0) is 38.0 Å². The van der Waals surface area contributed by atoms with E-state index < -0.39 is 10.0 Å². The van der Waals surface area contributed by atoms with Gasteiger partial charge in [0, 0.05) is 30.6 Å². The summed E-state index contributed by atoms with van der Waals surface area (Å²) in [5.41, 5.74) is 2.28. The van der Waals surface area contributed by atoms with Gasteiger partial charge >= 0.3 is 0 Å². The summed E-state index contributed by atoms with van der Waals surface area (Å²) in [6.07, 6.45) is 4.43. The van der Waals surface area contributed by atoms with Crippen LogP contribution < -0.4 is 4.74 Å². The van der Waals surface area contributed by atoms with Gasteiger partial charge in [-0.1, -0.05) is 24.1 Å². The van der Waals surface area contributed by atoms with E-state index in [-0.39, 0.29) is 4.90 Å². The number of piperidine rings is 1. The fraction of sp³-hybridized carbons (Fsp3) is 0.421. The third kappa shape index (κ3) is 4.39. The molecule has 0 spiro atoms. The van der Waals surface area contributed by atoms with Crippen LogP contribution in [0.25, 0.3) is 0 Å². The molecule has 2 heterocycles. The summed E-state index contributed by atoms with van der Waals surface area (Å²) in [5, 5.41) is 0.797. The Balaban J connectivity index is 1.69. The highest BCUT2D eigenvalue weighted by Gasteiger charge is 2.26. The van der Waals surface area contributed by atoms with E-state index in [0.29, 0.717) is 13.1 Å². The molecule has 1 aliphatic rings. The molecular weight excluding hydrogens is 368 g/mol. The van der Waals surface area contributed by atoms with Crippen molar-refractivity contribution in [2.24, 2.45) is 0 Å². The molecule has 7 heteroatoms. The number of hydrogen-bond donors (Lipinski definition) is 0. The summed E-state index contributed by atoms with van der Waals surface area (Å²) in [6.45, 7) is 3.25. The molecule has 0 amide bonds. The van der Waals surface area contributed by atoms with Crippen molar-refractivity contribution >= 4 is 21.8 Å². The smallest absolute Gasteiger partial charge is 0.244 e. The number of benzene rings is 1. The van der Waals surface area contributed by atoms with Crippen LogP contribution >= 0.6 is 11.8 Å². The van der Waals surface area contributed by atoms with E-state index in [2.05, 4.69) is 11.1 Å². The van der Waals surface area contributed by atoms with Crippen molar-refractivity contribution in [3.63, 3.8) is 0 Å². The first-order valence-electron chi connectivity index (χ1n) is 8.73. The van der Waals surface area contributed by atoms with Gasteiger partial charge < -0.3 is 4.74 Å². The van der Waals surface area contributed by atoms with Gasteiger partial charge in [-0.25, -0.2) is 13.4 Å². The first kappa shape index (κ1) is 19.2. The SMILES string of the molecule is COc1ccc(C)cc1CSc1ccc(S(=O)(=O)N2CCCCC2)cn1. The number of hydrogen-bond acceptors (Lipinski definition) is 5. The third-order valence-corrected chi connectivity index (χ3v) is 7.35. The van der Waals surface area contributed by atoms with Crippen molar-refractivity contribution < 1.29 is 13.2 Å². The molecule has 3 rings (SSSR count). The summed E-state index contributed by atoms with van der Waals surface area (Å²) in [7, 11) is -1.76. The molecule has 1 saturated heterocycles. The Morgan fingerprint density at radius 2 is 1.92 bits per heavy atom. The molecule has 0 aliphatic carbocycles. The monoisotopic (exact) mass is 392 g/mol. The fourth-order valence-corrected chi connectivity index (χ4v) is 5.31. The molecular formula is C19H24N2O3S2. The fourth-order valence-electron chi connectivity index (χ4n) is 3.03. The molecule has 1 aliphatic heterocycles. The van der Waals surface area contributed by atoms with Crippen molar-refractivity contribution in [2.75, 3.05) is 20.2 Å². The maximum Gasteiger partial charge on any atom is 0.244 e. The molecule has 140 valence electrons. The average molecular weight is 393 g/mol. The zero-order valence-corrected chi connectivity index (χ0v) is 16.8. The molecule has 5 nitrogen and oxygen atoms in total. The second kappa shape index (κ2) is 8.41. The molecule has 0 unspecified atom stereocenters. The Kier molecular flexibility index (Phi) is 6.21. The van der Waals surface area contributed by atoms with Crippen molar-refractivity contribution in [3.05, 3.63) is 47.7 Å². The van der Waals surface area contributed by atoms with Crippen LogP contribution in [0.2, 0.25) is 0 Å². The number of methoxy groups -OCH3 is 1. The largest absolute Gasteiger partial charge is 0.496 e. The molecule has 26 heavy (non-hydrogen) atoms. The van der Waals surface area contributed by atoms with E-state index in [4.69, 9.17) is 4.74 Å². The maximum absolute atomic E-state index is 12.7. The minimum atomic E-state index is -3.42. The van der Waals surface area contributed by atoms with Gasteiger partial charge in [-0.2, -0.15) is 4.31 Å². The summed E-state index contributed by atoms with van der Waals surface area (Å²) in [4.78, 5) is 4.62. The lowest BCUT2D eigenvalue weighted by atomic mass is 10.1. The van der Waals surface area contributed by atoms with Crippen LogP contribution in [0.1, 0.15) is 30.4 Å². The van der Waals surface area contributed by atoms with Crippen LogP contribution in [0.3, 0.4) is 0 Å². The van der Waals surface area contributed by atoms with Gasteiger partial charge in [0.1, 0.15) is 10.6 Å². The Morgan fingerprint density at radius 1 is 1.15 bits per heavy atom. The standard InChI is InChI=1S/C19H24N2O3S2/c1-15-6-8-18(24-2)16(12-15)14-25-19-9-7-17(13-20-19)26(22,23)21-10-4-3-5-11-21/h6-9,12-13H,3-5,10-11,14H2,1-2H3. The molecule has 0 bridgehead atoms. The minimum Gasteiger partial charge on any atom is -0.496 e. The van der Waals surface area contributed by atoms with Crippen molar-refractivity contribution in [1.82, 2.24) is 9.29 Å². The van der Waals surface area contributed by atoms with E-state index in [0.717, 1.165) is 41.4 Å². The van der Waals surface area contributed by atoms with Crippen molar-refractivity contribution in [1.29, 1.82) is 0 Å². The highest BCUT2D eigenvalue weighted by atomic mass is 32.2. The van der Waals surface area contributed by atoms with E-state index in [9.17, 15) is 8.42 Å². The van der Waals surface area contributed by atoms with E-state index in [1.54, 1.807) is 35.3 Å². The average Bonchev–Trinajstić information content (AvgIpc) is 2.67. The number of ether oxygens (including phenoxy) is 1. The molecule has 1 fully saturated rings. The summed E-state index contributed by atoms with van der Waals surface area (Å²) in [6, 6.07) is 9.52. The van der Waals surface area contributed by atoms with Crippen LogP contribution in [0, 0.1) is 6.92 Å². The predicted molar refractivity (Wildman–Crippen MR) is 104 cm³/mol. The molecule has 1 aromatic carbocycles. The molecule has 1 aromatic heterocycles. The lowest BCUT2D eigenvalue weighted by Gasteiger charge is -2.25. The number of sulfonamides is 1. The van der Waals surface area contributed by atoms with Gasteiger partial charge in [0.25, 0.3) is 0 Å². The number of pyridine rings is 1. The highest BCUT2D eigenvalue weighted by molar-refractivity contribution is 7.98. The first-order valence-corrected chi connectivity index (χ1v) is 11.2. The Morgan fingerprint density at radius 3 is 2.58 bits per heavy atom. The quantitative estimate of drug-likeness (QED) is 0.699. The van der Waals surface area contributed by atoms with Crippen molar-refractivity contribution in [3.8, 4) is 5.75 Å². The second-order valence-electron chi connectivity index (χ2n) is 6.40. The zero-order valence-electron chi connectivity index (χ0n) is 15.1. The van der Waals surface area contributed by atoms with Crippen LogP contribution in [0.4, 0.5) is 0 Å². The van der Waals surface area contributed by atoms with Gasteiger partial charge in [0.15, 0.2) is 0 Å². The van der Waals surface area contributed by atoms with Gasteiger partial charge in [0.05, 0.1) is 12.1 Å². The molecule has 2 aromatic rings. The van der Waals surface area contributed by atoms with E-state index in [1.807, 2.05) is 19.1 Å². The topological polar surface area (TPSA) is 59.5 Å². The number of thioether (sulfide) groups is 1. The molecule has 0 N–H and O–H groups in total. The molecule has 0 saturated carbocycles. The van der Waals surface area contributed by atoms with Gasteiger partial charge in [-0.15, -0.1) is 11.8 Å². The van der Waals surface area contributed by atoms with Gasteiger partial charge in [-0.3, -0.25) is 0 Å². The third-order valence-electron chi connectivity index (χ3n) is 4.47. The van der Waals surface area contributed by atoms with Crippen LogP contribution in [-0.2, 0) is 15.8 Å². The number of nitrogens with zero attached hydrogens (tertiary/aromatic N) is 2. The number of rotatable bonds is 6. The van der Waals surface area contributed by atoms with Gasteiger partial charge in [0.2, 0.25) is 10.0 Å². The second-order valence-corrected chi connectivity index (χ2v) is 9.33. The molecule has 0 radical (unpaired) electrons. The Bertz CT molecular complexity index is 846. The summed E-state index contributed by atoms with van der Waals surface area (Å²) in [5.74, 6) is 1.57.